The van der Waals surface area contributed by atoms with Crippen LogP contribution in [-0.2, 0) is 10.0 Å². The topological polar surface area (TPSA) is 49.4 Å². The summed E-state index contributed by atoms with van der Waals surface area (Å²) in [6, 6.07) is 3.89. The Hall–Kier alpha value is -0.500. The summed E-state index contributed by atoms with van der Waals surface area (Å²) in [6.45, 7) is 4.86. The first kappa shape index (κ1) is 17.6. The third kappa shape index (κ3) is 5.12. The molecule has 0 aliphatic carbocycles. The number of benzene rings is 1. The maximum atomic E-state index is 13.7. The van der Waals surface area contributed by atoms with Gasteiger partial charge in [0, 0.05) is 17.6 Å². The van der Waals surface area contributed by atoms with Crippen molar-refractivity contribution in [2.45, 2.75) is 18.7 Å². The molecule has 0 aliphatic rings. The first-order chi connectivity index (χ1) is 9.03. The number of halogens is 2. The Morgan fingerprint density at radius 2 is 1.95 bits per heavy atom. The quantitative estimate of drug-likeness (QED) is 0.840. The zero-order valence-electron chi connectivity index (χ0n) is 12.1. The lowest BCUT2D eigenvalue weighted by atomic mass is 9.93. The fourth-order valence-corrected chi connectivity index (χ4v) is 3.61. The molecule has 4 nitrogen and oxygen atoms in total. The second-order valence-electron chi connectivity index (χ2n) is 5.80. The summed E-state index contributed by atoms with van der Waals surface area (Å²) < 4.78 is 40.9. The molecule has 1 aromatic rings. The Morgan fingerprint density at radius 3 is 2.45 bits per heavy atom. The van der Waals surface area contributed by atoms with Gasteiger partial charge in [0.05, 0.1) is 0 Å². The van der Waals surface area contributed by atoms with Crippen LogP contribution < -0.4 is 4.72 Å². The Labute approximate surface area is 128 Å². The van der Waals surface area contributed by atoms with Crippen LogP contribution in [0.4, 0.5) is 4.39 Å². The maximum Gasteiger partial charge on any atom is 0.243 e. The molecule has 0 saturated carbocycles. The number of sulfonamides is 1. The van der Waals surface area contributed by atoms with Crippen molar-refractivity contribution < 1.29 is 12.8 Å². The van der Waals surface area contributed by atoms with E-state index in [0.717, 1.165) is 12.6 Å². The molecule has 0 spiro atoms. The first-order valence-electron chi connectivity index (χ1n) is 6.13. The molecular formula is C13H20BrFN2O2S. The summed E-state index contributed by atoms with van der Waals surface area (Å²) in [7, 11) is 0.00149. The highest BCUT2D eigenvalue weighted by Gasteiger charge is 2.24. The number of nitrogens with one attached hydrogen (secondary N) is 1. The van der Waals surface area contributed by atoms with Gasteiger partial charge in [0.25, 0.3) is 0 Å². The van der Waals surface area contributed by atoms with Gasteiger partial charge >= 0.3 is 0 Å². The highest BCUT2D eigenvalue weighted by molar-refractivity contribution is 9.10. The van der Waals surface area contributed by atoms with Gasteiger partial charge in [0.15, 0.2) is 0 Å². The van der Waals surface area contributed by atoms with E-state index in [4.69, 9.17) is 0 Å². The lowest BCUT2D eigenvalue weighted by Crippen LogP contribution is -2.40. The van der Waals surface area contributed by atoms with Crippen molar-refractivity contribution in [2.24, 2.45) is 5.41 Å². The molecule has 0 radical (unpaired) electrons. The van der Waals surface area contributed by atoms with Crippen molar-refractivity contribution in [2.75, 3.05) is 27.2 Å². The fourth-order valence-electron chi connectivity index (χ4n) is 1.97. The highest BCUT2D eigenvalue weighted by atomic mass is 79.9. The van der Waals surface area contributed by atoms with E-state index in [1.165, 1.54) is 12.1 Å². The molecule has 1 rings (SSSR count). The van der Waals surface area contributed by atoms with Crippen LogP contribution in [0.5, 0.6) is 0 Å². The van der Waals surface area contributed by atoms with E-state index in [0.29, 0.717) is 4.47 Å². The minimum absolute atomic E-state index is 0.239. The van der Waals surface area contributed by atoms with E-state index < -0.39 is 15.8 Å². The standard InChI is InChI=1S/C13H20BrFN2O2S/c1-13(2,9-17(3)4)8-16-20(18,19)12-6-5-10(14)7-11(12)15/h5-7,16H,8-9H2,1-4H3. The highest BCUT2D eigenvalue weighted by Crippen LogP contribution is 2.21. The van der Waals surface area contributed by atoms with Crippen molar-refractivity contribution in [1.82, 2.24) is 9.62 Å². The minimum Gasteiger partial charge on any atom is -0.309 e. The number of hydrogen-bond donors (Lipinski definition) is 1. The van der Waals surface area contributed by atoms with E-state index in [2.05, 4.69) is 20.7 Å². The Kier molecular flexibility index (Phi) is 5.71. The molecule has 114 valence electrons. The van der Waals surface area contributed by atoms with Gasteiger partial charge in [-0.3, -0.25) is 0 Å². The molecule has 0 amide bonds. The van der Waals surface area contributed by atoms with Gasteiger partial charge in [-0.05, 0) is 37.7 Å². The van der Waals surface area contributed by atoms with E-state index in [1.54, 1.807) is 0 Å². The Bertz CT molecular complexity index is 574. The van der Waals surface area contributed by atoms with E-state index >= 15 is 0 Å². The van der Waals surface area contributed by atoms with Crippen LogP contribution in [0.1, 0.15) is 13.8 Å². The SMILES string of the molecule is CN(C)CC(C)(C)CNS(=O)(=O)c1ccc(Br)cc1F. The van der Waals surface area contributed by atoms with Gasteiger partial charge in [-0.1, -0.05) is 29.8 Å². The molecule has 20 heavy (non-hydrogen) atoms. The lowest BCUT2D eigenvalue weighted by Gasteiger charge is -2.28. The molecule has 0 aromatic heterocycles. The Morgan fingerprint density at radius 1 is 1.35 bits per heavy atom. The molecule has 0 bridgehead atoms. The second-order valence-corrected chi connectivity index (χ2v) is 8.45. The zero-order valence-corrected chi connectivity index (χ0v) is 14.5. The lowest BCUT2D eigenvalue weighted by molar-refractivity contribution is 0.242. The number of rotatable bonds is 6. The van der Waals surface area contributed by atoms with Crippen molar-refractivity contribution in [3.63, 3.8) is 0 Å². The molecule has 0 saturated heterocycles. The van der Waals surface area contributed by atoms with Crippen molar-refractivity contribution in [3.8, 4) is 0 Å². The largest absolute Gasteiger partial charge is 0.309 e. The molecular weight excluding hydrogens is 347 g/mol. The smallest absolute Gasteiger partial charge is 0.243 e. The monoisotopic (exact) mass is 366 g/mol. The molecule has 0 fully saturated rings. The predicted octanol–water partition coefficient (Wildman–Crippen LogP) is 2.45. The first-order valence-corrected chi connectivity index (χ1v) is 8.41. The third-order valence-corrected chi connectivity index (χ3v) is 4.60. The fraction of sp³-hybridized carbons (Fsp3) is 0.538. The molecule has 0 aliphatic heterocycles. The third-order valence-electron chi connectivity index (χ3n) is 2.67. The average molecular weight is 367 g/mol. The summed E-state index contributed by atoms with van der Waals surface area (Å²) in [4.78, 5) is 1.65. The number of hydrogen-bond acceptors (Lipinski definition) is 3. The molecule has 0 heterocycles. The minimum atomic E-state index is -3.84. The van der Waals surface area contributed by atoms with Crippen LogP contribution in [0.15, 0.2) is 27.6 Å². The van der Waals surface area contributed by atoms with E-state index in [1.807, 2.05) is 32.8 Å². The molecule has 1 aromatic carbocycles. The molecule has 1 N–H and O–H groups in total. The zero-order chi connectivity index (χ0) is 15.6. The van der Waals surface area contributed by atoms with Crippen LogP contribution in [0.3, 0.4) is 0 Å². The average Bonchev–Trinajstić information content (AvgIpc) is 2.24. The summed E-state index contributed by atoms with van der Waals surface area (Å²) in [5, 5.41) is 0. The summed E-state index contributed by atoms with van der Waals surface area (Å²) >= 11 is 3.10. The van der Waals surface area contributed by atoms with Gasteiger partial charge in [0.1, 0.15) is 10.7 Å². The summed E-state index contributed by atoms with van der Waals surface area (Å²) in [5.41, 5.74) is -0.248. The summed E-state index contributed by atoms with van der Waals surface area (Å²) in [5.74, 6) is -0.766. The maximum absolute atomic E-state index is 13.7. The van der Waals surface area contributed by atoms with Gasteiger partial charge < -0.3 is 4.90 Å². The Balaban J connectivity index is 2.85. The van der Waals surface area contributed by atoms with Crippen LogP contribution in [0.25, 0.3) is 0 Å². The van der Waals surface area contributed by atoms with Gasteiger partial charge in [0.2, 0.25) is 10.0 Å². The second kappa shape index (κ2) is 6.51. The van der Waals surface area contributed by atoms with Crippen molar-refractivity contribution in [3.05, 3.63) is 28.5 Å². The van der Waals surface area contributed by atoms with Crippen LogP contribution in [-0.4, -0.2) is 40.5 Å². The normalized spacial score (nSPS) is 12.9. The van der Waals surface area contributed by atoms with Crippen molar-refractivity contribution in [1.29, 1.82) is 0 Å². The van der Waals surface area contributed by atoms with Gasteiger partial charge in [-0.2, -0.15) is 0 Å². The van der Waals surface area contributed by atoms with E-state index in [-0.39, 0.29) is 16.9 Å². The van der Waals surface area contributed by atoms with Crippen LogP contribution >= 0.6 is 15.9 Å². The van der Waals surface area contributed by atoms with Crippen LogP contribution in [0, 0.1) is 11.2 Å². The predicted molar refractivity (Wildman–Crippen MR) is 81.6 cm³/mol. The summed E-state index contributed by atoms with van der Waals surface area (Å²) in [6.07, 6.45) is 0. The van der Waals surface area contributed by atoms with E-state index in [9.17, 15) is 12.8 Å². The van der Waals surface area contributed by atoms with Gasteiger partial charge in [-0.25, -0.2) is 17.5 Å². The van der Waals surface area contributed by atoms with Crippen LogP contribution in [0.2, 0.25) is 0 Å². The molecule has 7 heteroatoms. The van der Waals surface area contributed by atoms with Gasteiger partial charge in [-0.15, -0.1) is 0 Å². The molecule has 0 atom stereocenters. The van der Waals surface area contributed by atoms with Crippen molar-refractivity contribution >= 4 is 26.0 Å². The number of nitrogens with zero attached hydrogens (tertiary/aromatic N) is 1. The molecule has 0 unspecified atom stereocenters.